The second-order valence-electron chi connectivity index (χ2n) is 5.58. The molecule has 0 bridgehead atoms. The minimum absolute atomic E-state index is 0.248. The fraction of sp³-hybridized carbons (Fsp3) is 0.353. The molecule has 0 aliphatic heterocycles. The molecule has 0 aliphatic rings. The summed E-state index contributed by atoms with van der Waals surface area (Å²) in [4.78, 5) is 3.11. The number of nitrogens with one attached hydrogen (secondary N) is 3. The molecule has 0 aliphatic carbocycles. The molecule has 1 aromatic carbocycles. The minimum Gasteiger partial charge on any atom is -0.508 e. The number of benzene rings is 1. The molecule has 6 heteroatoms. The van der Waals surface area contributed by atoms with Crippen molar-refractivity contribution in [2.75, 3.05) is 0 Å². The second-order valence-corrected chi connectivity index (χ2v) is 5.58. The molecule has 0 spiro atoms. The molecule has 122 valence electrons. The highest BCUT2D eigenvalue weighted by Crippen LogP contribution is 2.12. The Morgan fingerprint density at radius 1 is 1.35 bits per heavy atom. The summed E-state index contributed by atoms with van der Waals surface area (Å²) in [5, 5.41) is 28.4. The first kappa shape index (κ1) is 16.7. The van der Waals surface area contributed by atoms with Crippen LogP contribution in [0.4, 0.5) is 0 Å². The average Bonchev–Trinajstić information content (AvgIpc) is 2.95. The predicted molar refractivity (Wildman–Crippen MR) is 91.6 cm³/mol. The van der Waals surface area contributed by atoms with Crippen molar-refractivity contribution >= 4 is 11.9 Å². The first-order valence-electron chi connectivity index (χ1n) is 7.79. The molecule has 23 heavy (non-hydrogen) atoms. The Bertz CT molecular complexity index is 660. The van der Waals surface area contributed by atoms with E-state index in [1.807, 2.05) is 12.1 Å². The Kier molecular flexibility index (Phi) is 5.91. The van der Waals surface area contributed by atoms with Crippen molar-refractivity contribution in [2.45, 2.75) is 39.2 Å². The van der Waals surface area contributed by atoms with Gasteiger partial charge >= 0.3 is 0 Å². The fourth-order valence-electron chi connectivity index (χ4n) is 2.25. The summed E-state index contributed by atoms with van der Waals surface area (Å²) in [6.07, 6.45) is 6.16. The lowest BCUT2D eigenvalue weighted by molar-refractivity contribution is 0.475. The zero-order valence-electron chi connectivity index (χ0n) is 13.5. The number of amidine groups is 1. The number of hydrogen-bond donors (Lipinski definition) is 4. The molecule has 4 N–H and O–H groups in total. The number of nitrogens with zero attached hydrogens (tertiary/aromatic N) is 2. The quantitative estimate of drug-likeness (QED) is 0.466. The maximum absolute atomic E-state index is 9.27. The van der Waals surface area contributed by atoms with Gasteiger partial charge in [0.25, 0.3) is 0 Å². The number of rotatable bonds is 7. The Morgan fingerprint density at radius 3 is 2.78 bits per heavy atom. The van der Waals surface area contributed by atoms with E-state index in [-0.39, 0.29) is 11.8 Å². The van der Waals surface area contributed by atoms with Crippen LogP contribution in [0.3, 0.4) is 0 Å². The lowest BCUT2D eigenvalue weighted by Gasteiger charge is -2.12. The lowest BCUT2D eigenvalue weighted by atomic mass is 10.1. The zero-order valence-corrected chi connectivity index (χ0v) is 13.5. The third-order valence-electron chi connectivity index (χ3n) is 3.39. The van der Waals surface area contributed by atoms with Crippen molar-refractivity contribution in [1.29, 1.82) is 5.41 Å². The van der Waals surface area contributed by atoms with Gasteiger partial charge in [0.05, 0.1) is 0 Å². The molecule has 0 fully saturated rings. The molecule has 1 aromatic heterocycles. The molecular formula is C17H23N5O. The molecule has 1 atom stereocenters. The molecule has 0 radical (unpaired) electrons. The van der Waals surface area contributed by atoms with E-state index in [2.05, 4.69) is 34.3 Å². The first-order chi connectivity index (χ1) is 11.1. The molecule has 2 rings (SSSR count). The van der Waals surface area contributed by atoms with Crippen LogP contribution in [0.25, 0.3) is 6.08 Å². The number of aromatic nitrogens is 3. The smallest absolute Gasteiger partial charge is 0.154 e. The molecule has 1 unspecified atom stereocenters. The van der Waals surface area contributed by atoms with E-state index in [4.69, 9.17) is 5.41 Å². The van der Waals surface area contributed by atoms with Gasteiger partial charge in [-0.2, -0.15) is 0 Å². The highest BCUT2D eigenvalue weighted by molar-refractivity contribution is 5.93. The van der Waals surface area contributed by atoms with Crippen LogP contribution in [0, 0.1) is 5.41 Å². The summed E-state index contributed by atoms with van der Waals surface area (Å²) in [6.45, 7) is 4.19. The summed E-state index contributed by atoms with van der Waals surface area (Å²) < 4.78 is 0. The van der Waals surface area contributed by atoms with Gasteiger partial charge < -0.3 is 15.4 Å². The van der Waals surface area contributed by atoms with Gasteiger partial charge in [-0.1, -0.05) is 25.5 Å². The van der Waals surface area contributed by atoms with Crippen LogP contribution in [0.2, 0.25) is 0 Å². The Morgan fingerprint density at radius 2 is 2.09 bits per heavy atom. The number of aromatic hydroxyl groups is 1. The third-order valence-corrected chi connectivity index (χ3v) is 3.39. The normalized spacial score (nSPS) is 12.4. The number of phenols is 1. The van der Waals surface area contributed by atoms with E-state index in [0.29, 0.717) is 18.1 Å². The van der Waals surface area contributed by atoms with Crippen LogP contribution in [-0.2, 0) is 6.42 Å². The zero-order chi connectivity index (χ0) is 16.7. The van der Waals surface area contributed by atoms with Crippen LogP contribution in [0.1, 0.15) is 43.9 Å². The SMILES string of the molecule is CCCC(C)NC(=N)/C=C\c1nnc(Cc2ccc(O)cc2)[nH]1. The van der Waals surface area contributed by atoms with Crippen molar-refractivity contribution in [3.63, 3.8) is 0 Å². The standard InChI is InChI=1S/C17H23N5O/c1-3-4-12(2)19-15(18)9-10-16-20-17(22-21-16)11-13-5-7-14(23)8-6-13/h5-10,12,23H,3-4,11H2,1-2H3,(H2,18,19)(H,20,21,22)/b10-9-. The van der Waals surface area contributed by atoms with E-state index in [0.717, 1.165) is 24.2 Å². The van der Waals surface area contributed by atoms with Crippen molar-refractivity contribution < 1.29 is 5.11 Å². The van der Waals surface area contributed by atoms with Crippen LogP contribution < -0.4 is 5.32 Å². The van der Waals surface area contributed by atoms with Crippen molar-refractivity contribution in [1.82, 2.24) is 20.5 Å². The van der Waals surface area contributed by atoms with E-state index >= 15 is 0 Å². The van der Waals surface area contributed by atoms with Crippen LogP contribution in [0.15, 0.2) is 30.3 Å². The second kappa shape index (κ2) is 8.12. The maximum Gasteiger partial charge on any atom is 0.154 e. The number of aromatic amines is 1. The summed E-state index contributed by atoms with van der Waals surface area (Å²) >= 11 is 0. The maximum atomic E-state index is 9.27. The van der Waals surface area contributed by atoms with Gasteiger partial charge in [0.1, 0.15) is 17.4 Å². The lowest BCUT2D eigenvalue weighted by Crippen LogP contribution is -2.30. The molecular weight excluding hydrogens is 290 g/mol. The topological polar surface area (TPSA) is 97.7 Å². The number of phenolic OH excluding ortho intramolecular Hbond substituents is 1. The molecule has 2 aromatic rings. The molecule has 6 nitrogen and oxygen atoms in total. The Hall–Kier alpha value is -2.63. The van der Waals surface area contributed by atoms with Gasteiger partial charge in [0.2, 0.25) is 0 Å². The number of H-pyrrole nitrogens is 1. The van der Waals surface area contributed by atoms with Crippen LogP contribution in [0.5, 0.6) is 5.75 Å². The minimum atomic E-state index is 0.248. The summed E-state index contributed by atoms with van der Waals surface area (Å²) in [5.74, 6) is 1.98. The van der Waals surface area contributed by atoms with Gasteiger partial charge in [-0.25, -0.2) is 0 Å². The van der Waals surface area contributed by atoms with Crippen LogP contribution >= 0.6 is 0 Å². The van der Waals surface area contributed by atoms with Gasteiger partial charge in [0.15, 0.2) is 5.82 Å². The molecule has 0 saturated heterocycles. The van der Waals surface area contributed by atoms with Crippen LogP contribution in [-0.4, -0.2) is 32.2 Å². The van der Waals surface area contributed by atoms with E-state index in [9.17, 15) is 5.11 Å². The van der Waals surface area contributed by atoms with E-state index < -0.39 is 0 Å². The molecule has 1 heterocycles. The first-order valence-corrected chi connectivity index (χ1v) is 7.79. The molecule has 0 saturated carbocycles. The largest absolute Gasteiger partial charge is 0.508 e. The highest BCUT2D eigenvalue weighted by atomic mass is 16.3. The Balaban J connectivity index is 1.90. The number of hydrogen-bond acceptors (Lipinski definition) is 4. The summed E-state index contributed by atoms with van der Waals surface area (Å²) in [6, 6.07) is 7.29. The van der Waals surface area contributed by atoms with Gasteiger partial charge in [-0.05, 0) is 43.2 Å². The monoisotopic (exact) mass is 313 g/mol. The van der Waals surface area contributed by atoms with Gasteiger partial charge in [-0.3, -0.25) is 5.41 Å². The average molecular weight is 313 g/mol. The van der Waals surface area contributed by atoms with Gasteiger partial charge in [0, 0.05) is 12.5 Å². The summed E-state index contributed by atoms with van der Waals surface area (Å²) in [7, 11) is 0. The van der Waals surface area contributed by atoms with E-state index in [1.54, 1.807) is 24.3 Å². The van der Waals surface area contributed by atoms with Crippen molar-refractivity contribution in [2.24, 2.45) is 0 Å². The van der Waals surface area contributed by atoms with Crippen molar-refractivity contribution in [3.8, 4) is 5.75 Å². The predicted octanol–water partition coefficient (Wildman–Crippen LogP) is 2.87. The van der Waals surface area contributed by atoms with Gasteiger partial charge in [-0.15, -0.1) is 10.2 Å². The van der Waals surface area contributed by atoms with Crippen molar-refractivity contribution in [3.05, 3.63) is 47.6 Å². The third kappa shape index (κ3) is 5.58. The highest BCUT2D eigenvalue weighted by Gasteiger charge is 2.03. The molecule has 0 amide bonds. The fourth-order valence-corrected chi connectivity index (χ4v) is 2.25. The Labute approximate surface area is 136 Å². The van der Waals surface area contributed by atoms with E-state index in [1.165, 1.54) is 0 Å². The summed E-state index contributed by atoms with van der Waals surface area (Å²) in [5.41, 5.74) is 1.04.